The zero-order chi connectivity index (χ0) is 16.9. The quantitative estimate of drug-likeness (QED) is 0.670. The van der Waals surface area contributed by atoms with Crippen molar-refractivity contribution in [3.8, 4) is 0 Å². The van der Waals surface area contributed by atoms with Gasteiger partial charge in [0.2, 0.25) is 5.91 Å². The topological polar surface area (TPSA) is 70.2 Å². The van der Waals surface area contributed by atoms with Crippen molar-refractivity contribution < 1.29 is 19.1 Å². The minimum atomic E-state index is -0.445. The summed E-state index contributed by atoms with van der Waals surface area (Å²) in [7, 11) is 0. The summed E-state index contributed by atoms with van der Waals surface area (Å²) in [5.41, 5.74) is 0. The normalized spacial score (nSPS) is 22.8. The molecule has 0 aromatic heterocycles. The molecule has 0 atom stereocenters. The Bertz CT molecular complexity index is 476. The fourth-order valence-corrected chi connectivity index (χ4v) is 3.79. The first kappa shape index (κ1) is 17.2. The molecule has 2 aliphatic heterocycles. The molecule has 134 valence electrons. The second-order valence-electron chi connectivity index (χ2n) is 6.93. The van der Waals surface area contributed by atoms with Crippen LogP contribution in [0, 0.1) is 5.92 Å². The largest absolute Gasteiger partial charge is 0.378 e. The van der Waals surface area contributed by atoms with E-state index in [2.05, 4.69) is 0 Å². The summed E-state index contributed by atoms with van der Waals surface area (Å²) in [6.07, 6.45) is 5.45. The smallest absolute Gasteiger partial charge is 0.312 e. The second kappa shape index (κ2) is 7.96. The number of nitrogens with zero attached hydrogens (tertiary/aromatic N) is 3. The van der Waals surface area contributed by atoms with Gasteiger partial charge in [-0.05, 0) is 18.8 Å². The fourth-order valence-electron chi connectivity index (χ4n) is 3.79. The zero-order valence-corrected chi connectivity index (χ0v) is 14.2. The van der Waals surface area contributed by atoms with Crippen molar-refractivity contribution in [3.63, 3.8) is 0 Å². The predicted octanol–water partition coefficient (Wildman–Crippen LogP) is 0.0963. The fraction of sp³-hybridized carbons (Fsp3) is 0.824. The summed E-state index contributed by atoms with van der Waals surface area (Å²) in [5, 5.41) is 0. The molecule has 1 aliphatic carbocycles. The van der Waals surface area contributed by atoms with E-state index in [0.29, 0.717) is 64.8 Å². The first-order chi connectivity index (χ1) is 11.6. The van der Waals surface area contributed by atoms with Crippen LogP contribution in [0.25, 0.3) is 0 Å². The van der Waals surface area contributed by atoms with Crippen LogP contribution in [0.1, 0.15) is 32.1 Å². The highest BCUT2D eigenvalue weighted by Crippen LogP contribution is 2.28. The van der Waals surface area contributed by atoms with Crippen molar-refractivity contribution in [2.75, 3.05) is 52.5 Å². The molecule has 3 rings (SSSR count). The molecule has 0 aromatic rings. The molecule has 0 unspecified atom stereocenters. The first-order valence-electron chi connectivity index (χ1n) is 9.09. The Morgan fingerprint density at radius 1 is 0.750 bits per heavy atom. The summed E-state index contributed by atoms with van der Waals surface area (Å²) in [5.74, 6) is -0.141. The Morgan fingerprint density at radius 2 is 1.25 bits per heavy atom. The third kappa shape index (κ3) is 4.06. The molecule has 0 bridgehead atoms. The lowest BCUT2D eigenvalue weighted by Gasteiger charge is -2.36. The molecule has 24 heavy (non-hydrogen) atoms. The highest BCUT2D eigenvalue weighted by Gasteiger charge is 2.32. The van der Waals surface area contributed by atoms with Crippen molar-refractivity contribution in [3.05, 3.63) is 0 Å². The standard InChI is InChI=1S/C17H27N3O4/c21-15(13-14-3-1-2-4-14)18-5-7-19(8-6-18)16(22)17(23)20-9-11-24-12-10-20/h14H,1-13H2. The van der Waals surface area contributed by atoms with Crippen LogP contribution >= 0.6 is 0 Å². The van der Waals surface area contributed by atoms with E-state index in [9.17, 15) is 14.4 Å². The third-order valence-corrected chi connectivity index (χ3v) is 5.34. The lowest BCUT2D eigenvalue weighted by atomic mass is 10.0. The second-order valence-corrected chi connectivity index (χ2v) is 6.93. The molecule has 1 saturated carbocycles. The molecule has 0 spiro atoms. The van der Waals surface area contributed by atoms with Crippen LogP contribution in [-0.4, -0.2) is 84.9 Å². The molecule has 2 heterocycles. The molecule has 0 aromatic carbocycles. The van der Waals surface area contributed by atoms with Crippen molar-refractivity contribution in [2.24, 2.45) is 5.92 Å². The summed E-state index contributed by atoms with van der Waals surface area (Å²) in [6, 6.07) is 0. The molecule has 2 saturated heterocycles. The Hall–Kier alpha value is -1.63. The first-order valence-corrected chi connectivity index (χ1v) is 9.09. The molecule has 7 nitrogen and oxygen atoms in total. The Balaban J connectivity index is 1.44. The molecular formula is C17H27N3O4. The molecule has 3 fully saturated rings. The van der Waals surface area contributed by atoms with Crippen LogP contribution < -0.4 is 0 Å². The number of piperazine rings is 1. The van der Waals surface area contributed by atoms with Crippen molar-refractivity contribution in [1.29, 1.82) is 0 Å². The van der Waals surface area contributed by atoms with Crippen LogP contribution in [0.4, 0.5) is 0 Å². The maximum atomic E-state index is 12.3. The Morgan fingerprint density at radius 3 is 1.83 bits per heavy atom. The van der Waals surface area contributed by atoms with Gasteiger partial charge in [-0.15, -0.1) is 0 Å². The van der Waals surface area contributed by atoms with Gasteiger partial charge >= 0.3 is 11.8 Å². The van der Waals surface area contributed by atoms with E-state index in [1.54, 1.807) is 9.80 Å². The van der Waals surface area contributed by atoms with Gasteiger partial charge in [0.1, 0.15) is 0 Å². The highest BCUT2D eigenvalue weighted by atomic mass is 16.5. The van der Waals surface area contributed by atoms with Crippen LogP contribution in [-0.2, 0) is 19.1 Å². The van der Waals surface area contributed by atoms with Crippen LogP contribution in [0.2, 0.25) is 0 Å². The number of amides is 3. The van der Waals surface area contributed by atoms with E-state index in [4.69, 9.17) is 4.74 Å². The van der Waals surface area contributed by atoms with E-state index < -0.39 is 11.8 Å². The van der Waals surface area contributed by atoms with Crippen molar-refractivity contribution in [1.82, 2.24) is 14.7 Å². The average molecular weight is 337 g/mol. The maximum absolute atomic E-state index is 12.3. The van der Waals surface area contributed by atoms with Gasteiger partial charge < -0.3 is 19.4 Å². The highest BCUT2D eigenvalue weighted by molar-refractivity contribution is 6.34. The molecular weight excluding hydrogens is 310 g/mol. The van der Waals surface area contributed by atoms with E-state index in [0.717, 1.165) is 12.8 Å². The minimum Gasteiger partial charge on any atom is -0.378 e. The predicted molar refractivity (Wildman–Crippen MR) is 87.1 cm³/mol. The number of hydrogen-bond donors (Lipinski definition) is 0. The van der Waals surface area contributed by atoms with Gasteiger partial charge in [-0.1, -0.05) is 12.8 Å². The van der Waals surface area contributed by atoms with E-state index in [1.807, 2.05) is 4.90 Å². The lowest BCUT2D eigenvalue weighted by molar-refractivity contribution is -0.155. The number of hydrogen-bond acceptors (Lipinski definition) is 4. The van der Waals surface area contributed by atoms with Gasteiger partial charge in [0, 0.05) is 45.7 Å². The molecule has 0 N–H and O–H groups in total. The molecule has 0 radical (unpaired) electrons. The summed E-state index contributed by atoms with van der Waals surface area (Å²) < 4.78 is 5.21. The van der Waals surface area contributed by atoms with Crippen LogP contribution in [0.15, 0.2) is 0 Å². The monoisotopic (exact) mass is 337 g/mol. The third-order valence-electron chi connectivity index (χ3n) is 5.34. The average Bonchev–Trinajstić information content (AvgIpc) is 3.14. The van der Waals surface area contributed by atoms with Gasteiger partial charge in [-0.2, -0.15) is 0 Å². The molecule has 3 aliphatic rings. The minimum absolute atomic E-state index is 0.202. The lowest BCUT2D eigenvalue weighted by Crippen LogP contribution is -2.55. The molecule has 7 heteroatoms. The van der Waals surface area contributed by atoms with E-state index in [-0.39, 0.29) is 5.91 Å². The van der Waals surface area contributed by atoms with Gasteiger partial charge in [-0.25, -0.2) is 0 Å². The SMILES string of the molecule is O=C(CC1CCCC1)N1CCN(C(=O)C(=O)N2CCOCC2)CC1. The van der Waals surface area contributed by atoms with Crippen LogP contribution in [0.5, 0.6) is 0 Å². The van der Waals surface area contributed by atoms with E-state index >= 15 is 0 Å². The Labute approximate surface area is 142 Å². The summed E-state index contributed by atoms with van der Waals surface area (Å²) in [6.45, 7) is 3.90. The van der Waals surface area contributed by atoms with Gasteiger partial charge in [0.25, 0.3) is 0 Å². The van der Waals surface area contributed by atoms with Gasteiger partial charge in [0.05, 0.1) is 13.2 Å². The zero-order valence-electron chi connectivity index (χ0n) is 14.2. The number of ether oxygens (including phenoxy) is 1. The summed E-state index contributed by atoms with van der Waals surface area (Å²) in [4.78, 5) is 41.9. The number of carbonyl (C=O) groups excluding carboxylic acids is 3. The number of morpholine rings is 1. The maximum Gasteiger partial charge on any atom is 0.312 e. The molecule has 3 amide bonds. The number of rotatable bonds is 2. The Kier molecular flexibility index (Phi) is 5.71. The van der Waals surface area contributed by atoms with Gasteiger partial charge in [0.15, 0.2) is 0 Å². The number of carbonyl (C=O) groups is 3. The van der Waals surface area contributed by atoms with E-state index in [1.165, 1.54) is 12.8 Å². The van der Waals surface area contributed by atoms with Crippen molar-refractivity contribution >= 4 is 17.7 Å². The van der Waals surface area contributed by atoms with Crippen LogP contribution in [0.3, 0.4) is 0 Å². The van der Waals surface area contributed by atoms with Crippen molar-refractivity contribution in [2.45, 2.75) is 32.1 Å². The summed E-state index contributed by atoms with van der Waals surface area (Å²) >= 11 is 0. The van der Waals surface area contributed by atoms with Gasteiger partial charge in [-0.3, -0.25) is 14.4 Å².